The smallest absolute Gasteiger partial charge is 0.151 e. The molecule has 0 saturated heterocycles. The minimum atomic E-state index is -0.198. The standard InChI is InChI=1S/C31H34N4O2/c1-7-13-36-27-18-33-34-28(20(27)4)21-9-11-23-24-12-10-22(16-26(24)31(5,6)25(23)15-21)29-30(37-14-8-2)19(3)17-32-35-29/h9-12,15-18H,7-8,13-14H2,1-6H3. The molecule has 0 bridgehead atoms. The Morgan fingerprint density at radius 2 is 1.30 bits per heavy atom. The number of fused-ring (bicyclic) bond motifs is 3. The molecule has 2 heterocycles. The number of nitrogens with zero attached hydrogens (tertiary/aromatic N) is 4. The molecule has 4 aromatic rings. The van der Waals surface area contributed by atoms with E-state index in [2.05, 4.69) is 91.4 Å². The Hall–Kier alpha value is -3.80. The lowest BCUT2D eigenvalue weighted by molar-refractivity contribution is 0.313. The van der Waals surface area contributed by atoms with E-state index in [0.717, 1.165) is 58.0 Å². The van der Waals surface area contributed by atoms with Crippen LogP contribution in [0.3, 0.4) is 0 Å². The molecule has 0 saturated carbocycles. The van der Waals surface area contributed by atoms with Crippen LogP contribution in [0.4, 0.5) is 0 Å². The van der Waals surface area contributed by atoms with Gasteiger partial charge in [0.15, 0.2) is 5.75 Å². The molecular weight excluding hydrogens is 460 g/mol. The Balaban J connectivity index is 1.56. The van der Waals surface area contributed by atoms with Crippen LogP contribution in [0.25, 0.3) is 33.6 Å². The Morgan fingerprint density at radius 3 is 1.95 bits per heavy atom. The van der Waals surface area contributed by atoms with Gasteiger partial charge in [-0.25, -0.2) is 0 Å². The number of benzene rings is 2. The molecule has 0 radical (unpaired) electrons. The number of aromatic nitrogens is 4. The molecule has 0 fully saturated rings. The van der Waals surface area contributed by atoms with E-state index in [-0.39, 0.29) is 5.41 Å². The molecule has 0 N–H and O–H groups in total. The van der Waals surface area contributed by atoms with Crippen molar-refractivity contribution in [2.24, 2.45) is 0 Å². The summed E-state index contributed by atoms with van der Waals surface area (Å²) in [7, 11) is 0. The summed E-state index contributed by atoms with van der Waals surface area (Å²) in [5.74, 6) is 1.60. The highest BCUT2D eigenvalue weighted by Crippen LogP contribution is 2.51. The highest BCUT2D eigenvalue weighted by molar-refractivity contribution is 5.86. The molecule has 1 aliphatic rings. The minimum Gasteiger partial charge on any atom is -0.492 e. The molecule has 190 valence electrons. The van der Waals surface area contributed by atoms with Crippen molar-refractivity contribution in [3.8, 4) is 45.1 Å². The zero-order valence-corrected chi connectivity index (χ0v) is 22.6. The summed E-state index contributed by atoms with van der Waals surface area (Å²) >= 11 is 0. The molecular formula is C31H34N4O2. The molecule has 2 aromatic carbocycles. The van der Waals surface area contributed by atoms with Crippen LogP contribution in [0.15, 0.2) is 48.8 Å². The van der Waals surface area contributed by atoms with E-state index in [1.165, 1.54) is 22.3 Å². The molecule has 2 aromatic heterocycles. The Bertz CT molecular complexity index is 1460. The van der Waals surface area contributed by atoms with Crippen LogP contribution in [0.5, 0.6) is 11.5 Å². The van der Waals surface area contributed by atoms with Gasteiger partial charge in [-0.3, -0.25) is 0 Å². The summed E-state index contributed by atoms with van der Waals surface area (Å²) in [5, 5.41) is 17.4. The first kappa shape index (κ1) is 24.9. The number of hydrogen-bond donors (Lipinski definition) is 0. The second-order valence-corrected chi connectivity index (χ2v) is 10.2. The van der Waals surface area contributed by atoms with Crippen molar-refractivity contribution in [3.05, 3.63) is 71.0 Å². The van der Waals surface area contributed by atoms with Crippen LogP contribution in [0.2, 0.25) is 0 Å². The third kappa shape index (κ3) is 4.35. The minimum absolute atomic E-state index is 0.198. The van der Waals surface area contributed by atoms with Gasteiger partial charge in [-0.2, -0.15) is 10.2 Å². The SMILES string of the molecule is CCCOc1cnnc(-c2ccc3c(c2)C(C)(C)c2cc(-c4nncc(C)c4OCCC)ccc2-3)c1C. The predicted molar refractivity (Wildman–Crippen MR) is 147 cm³/mol. The van der Waals surface area contributed by atoms with Gasteiger partial charge < -0.3 is 9.47 Å². The molecule has 0 aliphatic heterocycles. The molecule has 0 unspecified atom stereocenters. The van der Waals surface area contributed by atoms with Gasteiger partial charge in [0.25, 0.3) is 0 Å². The molecule has 6 heteroatoms. The van der Waals surface area contributed by atoms with Gasteiger partial charge in [-0.1, -0.05) is 52.0 Å². The Labute approximate surface area is 219 Å². The Kier molecular flexibility index (Phi) is 6.67. The van der Waals surface area contributed by atoms with Gasteiger partial charge in [0.05, 0.1) is 31.3 Å². The lowest BCUT2D eigenvalue weighted by atomic mass is 9.81. The fraction of sp³-hybridized carbons (Fsp3) is 0.355. The van der Waals surface area contributed by atoms with Gasteiger partial charge >= 0.3 is 0 Å². The van der Waals surface area contributed by atoms with Crippen LogP contribution in [-0.2, 0) is 5.41 Å². The molecule has 0 amide bonds. The summed E-state index contributed by atoms with van der Waals surface area (Å²) in [6, 6.07) is 13.2. The quantitative estimate of drug-likeness (QED) is 0.260. The maximum atomic E-state index is 6.09. The van der Waals surface area contributed by atoms with Crippen molar-refractivity contribution in [1.82, 2.24) is 20.4 Å². The van der Waals surface area contributed by atoms with Crippen LogP contribution in [0, 0.1) is 13.8 Å². The molecule has 5 rings (SSSR count). The fourth-order valence-corrected chi connectivity index (χ4v) is 5.13. The number of hydrogen-bond acceptors (Lipinski definition) is 6. The van der Waals surface area contributed by atoms with Gasteiger partial charge in [0.2, 0.25) is 0 Å². The van der Waals surface area contributed by atoms with Crippen molar-refractivity contribution in [3.63, 3.8) is 0 Å². The monoisotopic (exact) mass is 494 g/mol. The number of aryl methyl sites for hydroxylation is 1. The topological polar surface area (TPSA) is 70.0 Å². The van der Waals surface area contributed by atoms with E-state index in [1.54, 1.807) is 12.4 Å². The van der Waals surface area contributed by atoms with Crippen molar-refractivity contribution >= 4 is 0 Å². The Morgan fingerprint density at radius 1 is 0.730 bits per heavy atom. The zero-order valence-electron chi connectivity index (χ0n) is 22.6. The average Bonchev–Trinajstić information content (AvgIpc) is 3.13. The normalized spacial score (nSPS) is 13.2. The fourth-order valence-electron chi connectivity index (χ4n) is 5.13. The second kappa shape index (κ2) is 9.92. The molecule has 37 heavy (non-hydrogen) atoms. The van der Waals surface area contributed by atoms with Crippen LogP contribution in [0.1, 0.15) is 62.8 Å². The van der Waals surface area contributed by atoms with Crippen molar-refractivity contribution in [1.29, 1.82) is 0 Å². The van der Waals surface area contributed by atoms with Crippen LogP contribution < -0.4 is 9.47 Å². The van der Waals surface area contributed by atoms with E-state index in [9.17, 15) is 0 Å². The van der Waals surface area contributed by atoms with E-state index in [1.807, 2.05) is 6.92 Å². The van der Waals surface area contributed by atoms with E-state index >= 15 is 0 Å². The van der Waals surface area contributed by atoms with Gasteiger partial charge in [0, 0.05) is 27.7 Å². The number of rotatable bonds is 8. The lowest BCUT2D eigenvalue weighted by Gasteiger charge is -2.23. The molecule has 6 nitrogen and oxygen atoms in total. The largest absolute Gasteiger partial charge is 0.492 e. The first-order valence-electron chi connectivity index (χ1n) is 13.1. The van der Waals surface area contributed by atoms with E-state index in [4.69, 9.17) is 9.47 Å². The van der Waals surface area contributed by atoms with E-state index in [0.29, 0.717) is 13.2 Å². The van der Waals surface area contributed by atoms with Crippen molar-refractivity contribution in [2.45, 2.75) is 59.8 Å². The highest BCUT2D eigenvalue weighted by atomic mass is 16.5. The van der Waals surface area contributed by atoms with E-state index < -0.39 is 0 Å². The maximum Gasteiger partial charge on any atom is 0.151 e. The average molecular weight is 495 g/mol. The third-order valence-corrected chi connectivity index (χ3v) is 7.17. The first-order chi connectivity index (χ1) is 17.9. The van der Waals surface area contributed by atoms with Gasteiger partial charge in [-0.15, -0.1) is 10.2 Å². The van der Waals surface area contributed by atoms with Crippen LogP contribution >= 0.6 is 0 Å². The predicted octanol–water partition coefficient (Wildman–Crippen LogP) is 7.10. The molecule has 0 atom stereocenters. The summed E-state index contributed by atoms with van der Waals surface area (Å²) in [6.45, 7) is 14.1. The third-order valence-electron chi connectivity index (χ3n) is 7.17. The first-order valence-corrected chi connectivity index (χ1v) is 13.1. The molecule has 1 aliphatic carbocycles. The lowest BCUT2D eigenvalue weighted by Crippen LogP contribution is -2.15. The van der Waals surface area contributed by atoms with Crippen LogP contribution in [-0.4, -0.2) is 33.6 Å². The summed E-state index contributed by atoms with van der Waals surface area (Å²) in [6.07, 6.45) is 5.35. The summed E-state index contributed by atoms with van der Waals surface area (Å²) < 4.78 is 12.0. The summed E-state index contributed by atoms with van der Waals surface area (Å²) in [5.41, 5.74) is 10.6. The summed E-state index contributed by atoms with van der Waals surface area (Å²) in [4.78, 5) is 0. The maximum absolute atomic E-state index is 6.09. The number of ether oxygens (including phenoxy) is 2. The van der Waals surface area contributed by atoms with Crippen molar-refractivity contribution in [2.75, 3.05) is 13.2 Å². The van der Waals surface area contributed by atoms with Crippen molar-refractivity contribution < 1.29 is 9.47 Å². The molecule has 0 spiro atoms. The van der Waals surface area contributed by atoms with Gasteiger partial charge in [0.1, 0.15) is 11.4 Å². The second-order valence-electron chi connectivity index (χ2n) is 10.2. The highest BCUT2D eigenvalue weighted by Gasteiger charge is 2.36. The van der Waals surface area contributed by atoms with Gasteiger partial charge in [-0.05, 0) is 61.1 Å². The zero-order chi connectivity index (χ0) is 26.2.